The van der Waals surface area contributed by atoms with Crippen molar-refractivity contribution in [2.75, 3.05) is 18.4 Å². The van der Waals surface area contributed by atoms with Gasteiger partial charge in [-0.3, -0.25) is 19.8 Å². The van der Waals surface area contributed by atoms with E-state index in [-0.39, 0.29) is 11.6 Å². The second kappa shape index (κ2) is 6.83. The van der Waals surface area contributed by atoms with Crippen molar-refractivity contribution in [3.05, 3.63) is 68.7 Å². The van der Waals surface area contributed by atoms with Crippen molar-refractivity contribution >= 4 is 28.9 Å². The molecule has 2 aromatic carbocycles. The molecule has 1 saturated heterocycles. The molecule has 1 fully saturated rings. The molecule has 0 aromatic heterocycles. The van der Waals surface area contributed by atoms with Crippen molar-refractivity contribution in [1.29, 1.82) is 0 Å². The Morgan fingerprint density at radius 1 is 1.11 bits per heavy atom. The summed E-state index contributed by atoms with van der Waals surface area (Å²) in [4.78, 5) is 25.2. The summed E-state index contributed by atoms with van der Waals surface area (Å²) in [6.45, 7) is 2.34. The van der Waals surface area contributed by atoms with E-state index in [0.29, 0.717) is 10.6 Å². The van der Waals surface area contributed by atoms with Crippen molar-refractivity contribution in [3.8, 4) is 0 Å². The molecule has 2 aliphatic rings. The first-order valence-electron chi connectivity index (χ1n) is 8.81. The molecule has 8 heteroatoms. The number of likely N-dealkylation sites (tertiary alicyclic amines) is 1. The Hall–Kier alpha value is -2.64. The fourth-order valence-corrected chi connectivity index (χ4v) is 4.01. The number of carbonyl (C=O) groups is 1. The second-order valence-electron chi connectivity index (χ2n) is 7.02. The Bertz CT molecular complexity index is 892. The number of benzene rings is 2. The van der Waals surface area contributed by atoms with Gasteiger partial charge in [-0.05, 0) is 17.7 Å². The maximum atomic E-state index is 12.5. The van der Waals surface area contributed by atoms with Gasteiger partial charge < -0.3 is 10.6 Å². The Balaban J connectivity index is 1.42. The van der Waals surface area contributed by atoms with E-state index in [1.54, 1.807) is 18.2 Å². The third-order valence-electron chi connectivity index (χ3n) is 5.23. The zero-order valence-corrected chi connectivity index (χ0v) is 15.3. The lowest BCUT2D eigenvalue weighted by Gasteiger charge is -2.46. The predicted octanol–water partition coefficient (Wildman–Crippen LogP) is 3.40. The zero-order valence-electron chi connectivity index (χ0n) is 14.6. The molecular formula is C19H19ClN4O3. The minimum absolute atomic E-state index is 0.0998. The van der Waals surface area contributed by atoms with Crippen LogP contribution in [-0.2, 0) is 6.54 Å². The van der Waals surface area contributed by atoms with Gasteiger partial charge in [0.1, 0.15) is 5.66 Å². The summed E-state index contributed by atoms with van der Waals surface area (Å²) in [5.74, 6) is -0.141. The molecule has 1 spiro atoms. The number of nitrogens with one attached hydrogen (secondary N) is 2. The summed E-state index contributed by atoms with van der Waals surface area (Å²) in [5.41, 5.74) is 1.95. The maximum absolute atomic E-state index is 12.5. The van der Waals surface area contributed by atoms with E-state index in [9.17, 15) is 14.9 Å². The minimum atomic E-state index is -0.458. The largest absolute Gasteiger partial charge is 0.362 e. The third-order valence-corrected chi connectivity index (χ3v) is 5.55. The van der Waals surface area contributed by atoms with E-state index in [0.717, 1.165) is 43.7 Å². The van der Waals surface area contributed by atoms with Crippen LogP contribution in [0, 0.1) is 10.1 Å². The Labute approximate surface area is 161 Å². The first-order valence-corrected chi connectivity index (χ1v) is 9.18. The molecule has 7 nitrogen and oxygen atoms in total. The van der Waals surface area contributed by atoms with Crippen molar-refractivity contribution in [2.24, 2.45) is 0 Å². The molecule has 140 valence electrons. The molecule has 2 heterocycles. The average Bonchev–Trinajstić information content (AvgIpc) is 2.64. The van der Waals surface area contributed by atoms with Crippen LogP contribution in [0.5, 0.6) is 0 Å². The predicted molar refractivity (Wildman–Crippen MR) is 103 cm³/mol. The lowest BCUT2D eigenvalue weighted by Crippen LogP contribution is -2.62. The van der Waals surface area contributed by atoms with Gasteiger partial charge in [0.05, 0.1) is 21.2 Å². The van der Waals surface area contributed by atoms with Crippen LogP contribution in [0.15, 0.2) is 42.5 Å². The van der Waals surface area contributed by atoms with E-state index in [2.05, 4.69) is 15.5 Å². The van der Waals surface area contributed by atoms with Crippen LogP contribution >= 0.6 is 11.6 Å². The van der Waals surface area contributed by atoms with Crippen molar-refractivity contribution < 1.29 is 9.72 Å². The first kappa shape index (κ1) is 17.8. The van der Waals surface area contributed by atoms with Gasteiger partial charge >= 0.3 is 0 Å². The number of hydrogen-bond acceptors (Lipinski definition) is 5. The molecule has 0 bridgehead atoms. The SMILES string of the molecule is O=C1NC2(CCN(Cc3ccc([N+](=O)[O-])cc3)CC2)Nc2cccc(Cl)c21. The highest BCUT2D eigenvalue weighted by molar-refractivity contribution is 6.34. The third kappa shape index (κ3) is 3.48. The maximum Gasteiger partial charge on any atom is 0.269 e. The van der Waals surface area contributed by atoms with Gasteiger partial charge in [-0.15, -0.1) is 0 Å². The topological polar surface area (TPSA) is 87.5 Å². The smallest absolute Gasteiger partial charge is 0.269 e. The zero-order chi connectivity index (χ0) is 19.0. The fraction of sp³-hybridized carbons (Fsp3) is 0.316. The quantitative estimate of drug-likeness (QED) is 0.623. The van der Waals surface area contributed by atoms with Crippen LogP contribution in [0.1, 0.15) is 28.8 Å². The molecule has 2 aliphatic heterocycles. The summed E-state index contributed by atoms with van der Waals surface area (Å²) in [7, 11) is 0. The van der Waals surface area contributed by atoms with Gasteiger partial charge in [-0.1, -0.05) is 29.8 Å². The molecule has 1 amide bonds. The molecule has 4 rings (SSSR count). The number of nitro groups is 1. The highest BCUT2D eigenvalue weighted by Crippen LogP contribution is 2.34. The van der Waals surface area contributed by atoms with Gasteiger partial charge in [-0.25, -0.2) is 0 Å². The highest BCUT2D eigenvalue weighted by atomic mass is 35.5. The van der Waals surface area contributed by atoms with Crippen LogP contribution in [0.3, 0.4) is 0 Å². The Kier molecular flexibility index (Phi) is 4.49. The lowest BCUT2D eigenvalue weighted by atomic mass is 9.92. The number of hydrogen-bond donors (Lipinski definition) is 2. The number of anilines is 1. The number of amides is 1. The van der Waals surface area contributed by atoms with Crippen LogP contribution in [0.2, 0.25) is 5.02 Å². The number of halogens is 1. The number of nitrogens with zero attached hydrogens (tertiary/aromatic N) is 2. The van der Waals surface area contributed by atoms with Gasteiger partial charge in [-0.2, -0.15) is 0 Å². The van der Waals surface area contributed by atoms with Crippen LogP contribution in [-0.4, -0.2) is 34.5 Å². The van der Waals surface area contributed by atoms with E-state index in [4.69, 9.17) is 11.6 Å². The molecule has 0 unspecified atom stereocenters. The van der Waals surface area contributed by atoms with Crippen LogP contribution < -0.4 is 10.6 Å². The molecule has 0 saturated carbocycles. The summed E-state index contributed by atoms with van der Waals surface area (Å²) in [6.07, 6.45) is 1.52. The Morgan fingerprint density at radius 2 is 1.81 bits per heavy atom. The van der Waals surface area contributed by atoms with Gasteiger partial charge in [0.15, 0.2) is 0 Å². The van der Waals surface area contributed by atoms with Crippen LogP contribution in [0.25, 0.3) is 0 Å². The summed E-state index contributed by atoms with van der Waals surface area (Å²) < 4.78 is 0. The lowest BCUT2D eigenvalue weighted by molar-refractivity contribution is -0.384. The standard InChI is InChI=1S/C19H19ClN4O3/c20-15-2-1-3-16-17(15)18(25)22-19(21-16)8-10-23(11-9-19)12-13-4-6-14(7-5-13)24(26)27/h1-7,21H,8-12H2,(H,22,25). The van der Waals surface area contributed by atoms with Gasteiger partial charge in [0, 0.05) is 44.6 Å². The molecule has 2 N–H and O–H groups in total. The number of rotatable bonds is 3. The molecule has 0 atom stereocenters. The summed E-state index contributed by atoms with van der Waals surface area (Å²) >= 11 is 6.16. The van der Waals surface area contributed by atoms with Crippen molar-refractivity contribution in [1.82, 2.24) is 10.2 Å². The summed E-state index contributed by atoms with van der Waals surface area (Å²) in [6, 6.07) is 12.1. The molecule has 0 aliphatic carbocycles. The molecule has 0 radical (unpaired) electrons. The van der Waals surface area contributed by atoms with E-state index >= 15 is 0 Å². The van der Waals surface area contributed by atoms with E-state index in [1.165, 1.54) is 12.1 Å². The minimum Gasteiger partial charge on any atom is -0.362 e. The first-order chi connectivity index (χ1) is 13.0. The van der Waals surface area contributed by atoms with Crippen molar-refractivity contribution in [2.45, 2.75) is 25.0 Å². The van der Waals surface area contributed by atoms with Gasteiger partial charge in [0.2, 0.25) is 0 Å². The average molecular weight is 387 g/mol. The highest BCUT2D eigenvalue weighted by Gasteiger charge is 2.40. The molecule has 27 heavy (non-hydrogen) atoms. The normalized spacial score (nSPS) is 18.5. The monoisotopic (exact) mass is 386 g/mol. The van der Waals surface area contributed by atoms with Crippen LogP contribution in [0.4, 0.5) is 11.4 Å². The number of piperidine rings is 1. The number of nitro benzene ring substituents is 1. The second-order valence-corrected chi connectivity index (χ2v) is 7.43. The van der Waals surface area contributed by atoms with E-state index in [1.807, 2.05) is 12.1 Å². The van der Waals surface area contributed by atoms with Crippen molar-refractivity contribution in [3.63, 3.8) is 0 Å². The number of carbonyl (C=O) groups excluding carboxylic acids is 1. The molecular weight excluding hydrogens is 368 g/mol. The number of fused-ring (bicyclic) bond motifs is 1. The Morgan fingerprint density at radius 3 is 2.48 bits per heavy atom. The fourth-order valence-electron chi connectivity index (χ4n) is 3.75. The van der Waals surface area contributed by atoms with E-state index < -0.39 is 10.6 Å². The molecule has 2 aromatic rings. The number of non-ortho nitro benzene ring substituents is 1. The van der Waals surface area contributed by atoms with Gasteiger partial charge in [0.25, 0.3) is 11.6 Å². The summed E-state index contributed by atoms with van der Waals surface area (Å²) in [5, 5.41) is 17.8.